The standard InChI is InChI=1S/C21H30N2O4/c1-15-2-16(5-22(7-18-11-24-18)8-19-12-25-19)4-17(3-15)6-23(9-20-13-26-20)10-21-14-27-21/h2-4,18-21H,5-14H2,1H3. The van der Waals surface area contributed by atoms with E-state index in [0.29, 0.717) is 24.4 Å². The first kappa shape index (κ1) is 18.0. The van der Waals surface area contributed by atoms with Gasteiger partial charge in [0.15, 0.2) is 0 Å². The fraction of sp³-hybridized carbons (Fsp3) is 0.714. The Kier molecular flexibility index (Phi) is 5.19. The van der Waals surface area contributed by atoms with Crippen molar-refractivity contribution < 1.29 is 18.9 Å². The van der Waals surface area contributed by atoms with Gasteiger partial charge in [0.2, 0.25) is 0 Å². The molecule has 1 aromatic rings. The van der Waals surface area contributed by atoms with Gasteiger partial charge in [-0.1, -0.05) is 23.8 Å². The molecular weight excluding hydrogens is 344 g/mol. The minimum atomic E-state index is 0.417. The molecule has 0 spiro atoms. The predicted octanol–water partition coefficient (Wildman–Crippen LogP) is 1.19. The molecule has 0 saturated carbocycles. The summed E-state index contributed by atoms with van der Waals surface area (Å²) < 4.78 is 21.8. The van der Waals surface area contributed by atoms with Gasteiger partial charge >= 0.3 is 0 Å². The number of benzene rings is 1. The van der Waals surface area contributed by atoms with Gasteiger partial charge in [0, 0.05) is 39.3 Å². The maximum Gasteiger partial charge on any atom is 0.0936 e. The molecule has 4 aliphatic heterocycles. The molecule has 0 aliphatic carbocycles. The molecule has 148 valence electrons. The SMILES string of the molecule is Cc1cc(CN(CC2CO2)CC2CO2)cc(CN(CC2CO2)CC2CO2)c1. The average molecular weight is 374 g/mol. The molecule has 0 bridgehead atoms. The quantitative estimate of drug-likeness (QED) is 0.513. The lowest BCUT2D eigenvalue weighted by atomic mass is 10.0. The third-order valence-electron chi connectivity index (χ3n) is 5.47. The van der Waals surface area contributed by atoms with E-state index in [2.05, 4.69) is 34.9 Å². The van der Waals surface area contributed by atoms with E-state index in [-0.39, 0.29) is 0 Å². The van der Waals surface area contributed by atoms with Crippen molar-refractivity contribution >= 4 is 0 Å². The number of hydrogen-bond donors (Lipinski definition) is 0. The smallest absolute Gasteiger partial charge is 0.0936 e. The second-order valence-electron chi connectivity index (χ2n) is 8.54. The number of aryl methyl sites for hydroxylation is 1. The van der Waals surface area contributed by atoms with Gasteiger partial charge in [-0.3, -0.25) is 9.80 Å². The van der Waals surface area contributed by atoms with Crippen LogP contribution in [0, 0.1) is 6.92 Å². The lowest BCUT2D eigenvalue weighted by molar-refractivity contribution is 0.210. The molecule has 1 aromatic carbocycles. The van der Waals surface area contributed by atoms with Crippen LogP contribution in [0.25, 0.3) is 0 Å². The van der Waals surface area contributed by atoms with E-state index in [9.17, 15) is 0 Å². The Morgan fingerprint density at radius 2 is 1.00 bits per heavy atom. The second-order valence-corrected chi connectivity index (χ2v) is 8.54. The van der Waals surface area contributed by atoms with Crippen molar-refractivity contribution in [3.8, 4) is 0 Å². The zero-order valence-electron chi connectivity index (χ0n) is 16.1. The molecule has 0 radical (unpaired) electrons. The lowest BCUT2D eigenvalue weighted by Crippen LogP contribution is -2.32. The highest BCUT2D eigenvalue weighted by Crippen LogP contribution is 2.22. The number of epoxide rings is 4. The second kappa shape index (κ2) is 7.78. The van der Waals surface area contributed by atoms with Gasteiger partial charge in [-0.2, -0.15) is 0 Å². The molecule has 4 unspecified atom stereocenters. The number of nitrogens with zero attached hydrogens (tertiary/aromatic N) is 2. The van der Waals surface area contributed by atoms with E-state index in [1.165, 1.54) is 16.7 Å². The van der Waals surface area contributed by atoms with E-state index >= 15 is 0 Å². The normalized spacial score (nSPS) is 30.8. The highest BCUT2D eigenvalue weighted by molar-refractivity contribution is 5.29. The topological polar surface area (TPSA) is 56.6 Å². The fourth-order valence-corrected chi connectivity index (χ4v) is 3.90. The van der Waals surface area contributed by atoms with Crippen LogP contribution in [0.4, 0.5) is 0 Å². The summed E-state index contributed by atoms with van der Waals surface area (Å²) in [5.74, 6) is 0. The molecule has 6 nitrogen and oxygen atoms in total. The molecule has 4 saturated heterocycles. The summed E-state index contributed by atoms with van der Waals surface area (Å²) in [5, 5.41) is 0. The zero-order chi connectivity index (χ0) is 18.2. The molecule has 4 atom stereocenters. The summed E-state index contributed by atoms with van der Waals surface area (Å²) in [6.45, 7) is 11.8. The third-order valence-corrected chi connectivity index (χ3v) is 5.47. The van der Waals surface area contributed by atoms with Crippen LogP contribution in [0.15, 0.2) is 18.2 Å². The Hall–Kier alpha value is -1.02. The number of hydrogen-bond acceptors (Lipinski definition) is 6. The fourth-order valence-electron chi connectivity index (χ4n) is 3.90. The van der Waals surface area contributed by atoms with Gasteiger partial charge in [-0.05, 0) is 18.1 Å². The van der Waals surface area contributed by atoms with Crippen LogP contribution in [0.1, 0.15) is 16.7 Å². The molecule has 4 aliphatic rings. The predicted molar refractivity (Wildman–Crippen MR) is 101 cm³/mol. The molecular formula is C21H30N2O4. The number of rotatable bonds is 12. The van der Waals surface area contributed by atoms with Crippen molar-refractivity contribution in [2.45, 2.75) is 44.4 Å². The van der Waals surface area contributed by atoms with E-state index in [4.69, 9.17) is 18.9 Å². The average Bonchev–Trinajstić information content (AvgIpc) is 3.41. The maximum absolute atomic E-state index is 5.45. The van der Waals surface area contributed by atoms with Crippen LogP contribution >= 0.6 is 0 Å². The van der Waals surface area contributed by atoms with Crippen molar-refractivity contribution in [2.75, 3.05) is 52.6 Å². The minimum absolute atomic E-state index is 0.417. The van der Waals surface area contributed by atoms with Crippen LogP contribution in [-0.4, -0.2) is 86.8 Å². The highest BCUT2D eigenvalue weighted by Gasteiger charge is 2.32. The molecule has 4 fully saturated rings. The third kappa shape index (κ3) is 5.98. The Bertz CT molecular complexity index is 573. The van der Waals surface area contributed by atoms with E-state index in [1.807, 2.05) is 0 Å². The van der Waals surface area contributed by atoms with Crippen LogP contribution in [0.5, 0.6) is 0 Å². The number of ether oxygens (including phenoxy) is 4. The van der Waals surface area contributed by atoms with Crippen molar-refractivity contribution in [2.24, 2.45) is 0 Å². The summed E-state index contributed by atoms with van der Waals surface area (Å²) in [6, 6.07) is 7.00. The van der Waals surface area contributed by atoms with Crippen LogP contribution < -0.4 is 0 Å². The molecule has 5 rings (SSSR count). The van der Waals surface area contributed by atoms with Gasteiger partial charge < -0.3 is 18.9 Å². The molecule has 27 heavy (non-hydrogen) atoms. The van der Waals surface area contributed by atoms with Crippen molar-refractivity contribution in [3.63, 3.8) is 0 Å². The summed E-state index contributed by atoms with van der Waals surface area (Å²) in [4.78, 5) is 4.98. The first-order chi connectivity index (χ1) is 13.2. The van der Waals surface area contributed by atoms with Crippen LogP contribution in [0.3, 0.4) is 0 Å². The van der Waals surface area contributed by atoms with Gasteiger partial charge in [0.1, 0.15) is 0 Å². The van der Waals surface area contributed by atoms with Gasteiger partial charge in [0.05, 0.1) is 50.8 Å². The van der Waals surface area contributed by atoms with Crippen molar-refractivity contribution in [3.05, 3.63) is 34.9 Å². The van der Waals surface area contributed by atoms with E-state index < -0.39 is 0 Å². The monoisotopic (exact) mass is 374 g/mol. The van der Waals surface area contributed by atoms with Gasteiger partial charge in [0.25, 0.3) is 0 Å². The Balaban J connectivity index is 1.24. The summed E-state index contributed by atoms with van der Waals surface area (Å²) in [7, 11) is 0. The summed E-state index contributed by atoms with van der Waals surface area (Å²) in [6.07, 6.45) is 1.67. The molecule has 0 amide bonds. The molecule has 4 heterocycles. The Labute approximate surface area is 161 Å². The van der Waals surface area contributed by atoms with E-state index in [0.717, 1.165) is 65.7 Å². The highest BCUT2D eigenvalue weighted by atomic mass is 16.6. The lowest BCUT2D eigenvalue weighted by Gasteiger charge is -2.23. The first-order valence-corrected chi connectivity index (χ1v) is 10.2. The molecule has 0 N–H and O–H groups in total. The first-order valence-electron chi connectivity index (χ1n) is 10.2. The van der Waals surface area contributed by atoms with Crippen molar-refractivity contribution in [1.82, 2.24) is 9.80 Å². The zero-order valence-corrected chi connectivity index (χ0v) is 16.1. The van der Waals surface area contributed by atoms with Crippen molar-refractivity contribution in [1.29, 1.82) is 0 Å². The molecule has 6 heteroatoms. The van der Waals surface area contributed by atoms with E-state index in [1.54, 1.807) is 0 Å². The Morgan fingerprint density at radius 3 is 1.30 bits per heavy atom. The van der Waals surface area contributed by atoms with Gasteiger partial charge in [-0.15, -0.1) is 0 Å². The van der Waals surface area contributed by atoms with Gasteiger partial charge in [-0.25, -0.2) is 0 Å². The Morgan fingerprint density at radius 1 is 0.667 bits per heavy atom. The molecule has 0 aromatic heterocycles. The summed E-state index contributed by atoms with van der Waals surface area (Å²) >= 11 is 0. The van der Waals surface area contributed by atoms with Crippen LogP contribution in [0.2, 0.25) is 0 Å². The maximum atomic E-state index is 5.45. The summed E-state index contributed by atoms with van der Waals surface area (Å²) in [5.41, 5.74) is 4.10. The largest absolute Gasteiger partial charge is 0.372 e. The minimum Gasteiger partial charge on any atom is -0.372 e. The van der Waals surface area contributed by atoms with Crippen LogP contribution in [-0.2, 0) is 32.0 Å².